The van der Waals surface area contributed by atoms with Gasteiger partial charge in [0.2, 0.25) is 5.88 Å². The highest BCUT2D eigenvalue weighted by molar-refractivity contribution is 6.14. The molecule has 0 aliphatic rings. The van der Waals surface area contributed by atoms with Crippen LogP contribution >= 0.6 is 0 Å². The summed E-state index contributed by atoms with van der Waals surface area (Å²) in [6, 6.07) is 13.7. The number of amides is 2. The number of carbonyl (C=O) groups excluding carboxylic acids is 2. The van der Waals surface area contributed by atoms with Crippen LogP contribution in [0.2, 0.25) is 0 Å². The van der Waals surface area contributed by atoms with Gasteiger partial charge in [-0.15, -0.1) is 0 Å². The van der Waals surface area contributed by atoms with E-state index in [4.69, 9.17) is 10.5 Å². The van der Waals surface area contributed by atoms with Gasteiger partial charge >= 0.3 is 5.97 Å². The summed E-state index contributed by atoms with van der Waals surface area (Å²) >= 11 is 0. The molecule has 0 saturated carbocycles. The highest BCUT2D eigenvalue weighted by atomic mass is 16.5. The summed E-state index contributed by atoms with van der Waals surface area (Å²) in [5, 5.41) is 13.7. The molecule has 0 atom stereocenters. The summed E-state index contributed by atoms with van der Waals surface area (Å²) in [5.41, 5.74) is 6.02. The average Bonchev–Trinajstić information content (AvgIpc) is 2.67. The maximum atomic E-state index is 12.8. The van der Waals surface area contributed by atoms with Gasteiger partial charge in [0.15, 0.2) is 12.3 Å². The van der Waals surface area contributed by atoms with Crippen LogP contribution in [0.5, 0.6) is 5.88 Å². The molecular weight excluding hydrogens is 362 g/mol. The zero-order chi connectivity index (χ0) is 20.3. The Bertz CT molecular complexity index is 1090. The Kier molecular flexibility index (Phi) is 5.21. The van der Waals surface area contributed by atoms with E-state index in [2.05, 4.69) is 10.3 Å². The number of hydrogen-bond donors (Lipinski definition) is 3. The lowest BCUT2D eigenvalue weighted by Gasteiger charge is -2.12. The Morgan fingerprint density at radius 2 is 1.79 bits per heavy atom. The maximum absolute atomic E-state index is 12.8. The summed E-state index contributed by atoms with van der Waals surface area (Å²) in [6.45, 7) is 1.51. The van der Waals surface area contributed by atoms with Gasteiger partial charge in [-0.05, 0) is 35.4 Å². The SMILES string of the molecule is Cc1ccc(C(=O)Nc2ccc(OCC(N)=O)nc2C(=O)O)c2ccccc12. The van der Waals surface area contributed by atoms with Gasteiger partial charge < -0.3 is 20.9 Å². The largest absolute Gasteiger partial charge is 0.476 e. The maximum Gasteiger partial charge on any atom is 0.356 e. The number of ether oxygens (including phenoxy) is 1. The van der Waals surface area contributed by atoms with Crippen LogP contribution in [0.1, 0.15) is 26.4 Å². The number of nitrogens with one attached hydrogen (secondary N) is 1. The van der Waals surface area contributed by atoms with Crippen molar-refractivity contribution in [3.05, 3.63) is 65.4 Å². The molecule has 1 aromatic heterocycles. The molecule has 0 aliphatic heterocycles. The van der Waals surface area contributed by atoms with Crippen molar-refractivity contribution in [1.29, 1.82) is 0 Å². The van der Waals surface area contributed by atoms with E-state index in [1.54, 1.807) is 6.07 Å². The number of aromatic nitrogens is 1. The van der Waals surface area contributed by atoms with E-state index in [1.807, 2.05) is 37.3 Å². The lowest BCUT2D eigenvalue weighted by molar-refractivity contribution is -0.120. The van der Waals surface area contributed by atoms with Gasteiger partial charge in [-0.25, -0.2) is 9.78 Å². The number of primary amides is 1. The Hall–Kier alpha value is -3.94. The molecule has 0 spiro atoms. The van der Waals surface area contributed by atoms with Crippen LogP contribution in [-0.4, -0.2) is 34.5 Å². The Balaban J connectivity index is 1.93. The van der Waals surface area contributed by atoms with Crippen molar-refractivity contribution in [2.75, 3.05) is 11.9 Å². The second kappa shape index (κ2) is 7.75. The van der Waals surface area contributed by atoms with Gasteiger partial charge in [-0.3, -0.25) is 9.59 Å². The smallest absolute Gasteiger partial charge is 0.356 e. The number of benzene rings is 2. The minimum Gasteiger partial charge on any atom is -0.476 e. The third kappa shape index (κ3) is 3.90. The topological polar surface area (TPSA) is 132 Å². The predicted molar refractivity (Wildman–Crippen MR) is 103 cm³/mol. The number of anilines is 1. The van der Waals surface area contributed by atoms with Crippen molar-refractivity contribution >= 4 is 34.2 Å². The van der Waals surface area contributed by atoms with Crippen molar-refractivity contribution in [2.24, 2.45) is 5.73 Å². The fourth-order valence-corrected chi connectivity index (χ4v) is 2.77. The molecular formula is C20H17N3O5. The van der Waals surface area contributed by atoms with Crippen molar-refractivity contribution < 1.29 is 24.2 Å². The van der Waals surface area contributed by atoms with Crippen LogP contribution in [-0.2, 0) is 4.79 Å². The van der Waals surface area contributed by atoms with E-state index in [0.717, 1.165) is 16.3 Å². The quantitative estimate of drug-likeness (QED) is 0.602. The Morgan fingerprint density at radius 1 is 1.07 bits per heavy atom. The molecule has 4 N–H and O–H groups in total. The number of fused-ring (bicyclic) bond motifs is 1. The molecule has 0 aliphatic carbocycles. The summed E-state index contributed by atoms with van der Waals surface area (Å²) < 4.78 is 5.01. The van der Waals surface area contributed by atoms with E-state index in [-0.39, 0.29) is 11.6 Å². The molecule has 8 heteroatoms. The average molecular weight is 379 g/mol. The Morgan fingerprint density at radius 3 is 2.46 bits per heavy atom. The number of pyridine rings is 1. The molecule has 3 rings (SSSR count). The molecule has 1 heterocycles. The second-order valence-electron chi connectivity index (χ2n) is 6.04. The van der Waals surface area contributed by atoms with E-state index in [1.165, 1.54) is 12.1 Å². The minimum atomic E-state index is -1.35. The normalized spacial score (nSPS) is 10.5. The number of nitrogens with zero attached hydrogens (tertiary/aromatic N) is 1. The molecule has 0 unspecified atom stereocenters. The summed E-state index contributed by atoms with van der Waals surface area (Å²) in [5.74, 6) is -2.63. The number of aromatic carboxylic acids is 1. The van der Waals surface area contributed by atoms with Gasteiger partial charge in [-0.1, -0.05) is 30.3 Å². The van der Waals surface area contributed by atoms with Crippen LogP contribution in [0.3, 0.4) is 0 Å². The molecule has 0 radical (unpaired) electrons. The molecule has 28 heavy (non-hydrogen) atoms. The fourth-order valence-electron chi connectivity index (χ4n) is 2.77. The van der Waals surface area contributed by atoms with Crippen LogP contribution in [0.15, 0.2) is 48.5 Å². The molecule has 2 amide bonds. The number of nitrogens with two attached hydrogens (primary N) is 1. The molecule has 0 bridgehead atoms. The number of aryl methyl sites for hydroxylation is 1. The van der Waals surface area contributed by atoms with E-state index >= 15 is 0 Å². The van der Waals surface area contributed by atoms with E-state index in [9.17, 15) is 19.5 Å². The first kappa shape index (κ1) is 18.8. The van der Waals surface area contributed by atoms with Crippen molar-refractivity contribution in [1.82, 2.24) is 4.98 Å². The van der Waals surface area contributed by atoms with Gasteiger partial charge in [-0.2, -0.15) is 0 Å². The Labute approximate surface area is 159 Å². The standard InChI is InChI=1S/C20H17N3O5/c1-11-6-7-14(13-5-3-2-4-12(11)13)19(25)22-15-8-9-17(28-10-16(21)24)23-18(15)20(26)27/h2-9H,10H2,1H3,(H2,21,24)(H,22,25)(H,26,27). The van der Waals surface area contributed by atoms with Crippen LogP contribution in [0.4, 0.5) is 5.69 Å². The number of carboxylic acids is 1. The van der Waals surface area contributed by atoms with Crippen molar-refractivity contribution in [3.63, 3.8) is 0 Å². The van der Waals surface area contributed by atoms with E-state index in [0.29, 0.717) is 5.56 Å². The highest BCUT2D eigenvalue weighted by Gasteiger charge is 2.18. The minimum absolute atomic E-state index is 0.00795. The molecule has 3 aromatic rings. The van der Waals surface area contributed by atoms with Crippen LogP contribution < -0.4 is 15.8 Å². The monoisotopic (exact) mass is 379 g/mol. The zero-order valence-electron chi connectivity index (χ0n) is 14.9. The number of hydrogen-bond acceptors (Lipinski definition) is 5. The number of carboxylic acid groups (broad SMARTS) is 1. The highest BCUT2D eigenvalue weighted by Crippen LogP contribution is 2.24. The lowest BCUT2D eigenvalue weighted by Crippen LogP contribution is -2.21. The van der Waals surface area contributed by atoms with Crippen molar-refractivity contribution in [3.8, 4) is 5.88 Å². The second-order valence-corrected chi connectivity index (χ2v) is 6.04. The summed E-state index contributed by atoms with van der Waals surface area (Å²) in [6.07, 6.45) is 0. The van der Waals surface area contributed by atoms with E-state index < -0.39 is 30.1 Å². The third-order valence-electron chi connectivity index (χ3n) is 4.07. The fraction of sp³-hybridized carbons (Fsp3) is 0.100. The van der Waals surface area contributed by atoms with Gasteiger partial charge in [0.1, 0.15) is 0 Å². The zero-order valence-corrected chi connectivity index (χ0v) is 14.9. The summed E-state index contributed by atoms with van der Waals surface area (Å²) in [4.78, 5) is 38.9. The number of rotatable bonds is 6. The first-order chi connectivity index (χ1) is 13.4. The first-order valence-electron chi connectivity index (χ1n) is 8.32. The molecule has 8 nitrogen and oxygen atoms in total. The predicted octanol–water partition coefficient (Wildman–Crippen LogP) is 2.36. The lowest BCUT2D eigenvalue weighted by atomic mass is 10.00. The summed E-state index contributed by atoms with van der Waals surface area (Å²) in [7, 11) is 0. The van der Waals surface area contributed by atoms with Crippen LogP contribution in [0, 0.1) is 6.92 Å². The van der Waals surface area contributed by atoms with Gasteiger partial charge in [0.05, 0.1) is 5.69 Å². The molecule has 0 saturated heterocycles. The number of carbonyl (C=O) groups is 3. The van der Waals surface area contributed by atoms with Gasteiger partial charge in [0.25, 0.3) is 11.8 Å². The van der Waals surface area contributed by atoms with Gasteiger partial charge in [0, 0.05) is 11.6 Å². The first-order valence-corrected chi connectivity index (χ1v) is 8.32. The molecule has 142 valence electrons. The third-order valence-corrected chi connectivity index (χ3v) is 4.07. The van der Waals surface area contributed by atoms with Crippen LogP contribution in [0.25, 0.3) is 10.8 Å². The molecule has 0 fully saturated rings. The van der Waals surface area contributed by atoms with Crippen molar-refractivity contribution in [2.45, 2.75) is 6.92 Å². The molecule has 2 aromatic carbocycles.